The number of H-pyrrole nitrogens is 1. The summed E-state index contributed by atoms with van der Waals surface area (Å²) in [6, 6.07) is 1.25. The largest absolute Gasteiger partial charge is 0.462 e. The molecule has 0 saturated heterocycles. The Labute approximate surface area is 78.8 Å². The second-order valence-electron chi connectivity index (χ2n) is 2.64. The summed E-state index contributed by atoms with van der Waals surface area (Å²) in [6.45, 7) is 0. The van der Waals surface area contributed by atoms with Gasteiger partial charge in [0.25, 0.3) is 0 Å². The SMILES string of the molecule is O=P(O)(O)c1ccoc1-c1cnc[nH]1. The van der Waals surface area contributed by atoms with E-state index in [-0.39, 0.29) is 11.1 Å². The van der Waals surface area contributed by atoms with Gasteiger partial charge >= 0.3 is 7.60 Å². The number of nitrogens with zero attached hydrogens (tertiary/aromatic N) is 1. The van der Waals surface area contributed by atoms with Crippen LogP contribution in [0.1, 0.15) is 0 Å². The maximum atomic E-state index is 11.0. The van der Waals surface area contributed by atoms with Gasteiger partial charge in [-0.3, -0.25) is 4.57 Å². The summed E-state index contributed by atoms with van der Waals surface area (Å²) < 4.78 is 16.0. The lowest BCUT2D eigenvalue weighted by Crippen LogP contribution is -2.03. The first-order valence-corrected chi connectivity index (χ1v) is 5.32. The normalized spacial score (nSPS) is 11.9. The quantitative estimate of drug-likeness (QED) is 0.631. The molecule has 2 heterocycles. The molecule has 0 saturated carbocycles. The van der Waals surface area contributed by atoms with Gasteiger partial charge in [-0.15, -0.1) is 0 Å². The van der Waals surface area contributed by atoms with Crippen molar-refractivity contribution in [3.05, 3.63) is 24.9 Å². The first-order chi connectivity index (χ1) is 6.59. The fraction of sp³-hybridized carbons (Fsp3) is 0. The fourth-order valence-electron chi connectivity index (χ4n) is 1.11. The van der Waals surface area contributed by atoms with E-state index in [1.54, 1.807) is 0 Å². The summed E-state index contributed by atoms with van der Waals surface area (Å²) >= 11 is 0. The molecule has 7 heteroatoms. The maximum Gasteiger partial charge on any atom is 0.360 e. The van der Waals surface area contributed by atoms with Crippen molar-refractivity contribution in [3.63, 3.8) is 0 Å². The zero-order chi connectivity index (χ0) is 10.2. The molecule has 0 aromatic carbocycles. The number of aromatic nitrogens is 2. The fourth-order valence-corrected chi connectivity index (χ4v) is 1.81. The van der Waals surface area contributed by atoms with E-state index >= 15 is 0 Å². The minimum absolute atomic E-state index is 0.121. The predicted octanol–water partition coefficient (Wildman–Crippen LogP) is 0.473. The third-order valence-electron chi connectivity index (χ3n) is 1.70. The van der Waals surface area contributed by atoms with Crippen LogP contribution in [0.15, 0.2) is 29.3 Å². The van der Waals surface area contributed by atoms with E-state index in [1.807, 2.05) is 0 Å². The maximum absolute atomic E-state index is 11.0. The Morgan fingerprint density at radius 1 is 1.50 bits per heavy atom. The van der Waals surface area contributed by atoms with Crippen molar-refractivity contribution in [1.82, 2.24) is 9.97 Å². The number of imidazole rings is 1. The van der Waals surface area contributed by atoms with Crippen molar-refractivity contribution in [1.29, 1.82) is 0 Å². The van der Waals surface area contributed by atoms with Crippen LogP contribution in [0.25, 0.3) is 11.5 Å². The molecule has 6 nitrogen and oxygen atoms in total. The molecule has 0 amide bonds. The van der Waals surface area contributed by atoms with E-state index in [0.29, 0.717) is 5.69 Å². The molecule has 0 spiro atoms. The number of hydrogen-bond acceptors (Lipinski definition) is 3. The molecule has 2 aromatic rings. The Balaban J connectivity index is 2.56. The van der Waals surface area contributed by atoms with Gasteiger partial charge < -0.3 is 19.2 Å². The average Bonchev–Trinajstić information content (AvgIpc) is 2.73. The number of nitrogens with one attached hydrogen (secondary N) is 1. The molecule has 0 radical (unpaired) electrons. The van der Waals surface area contributed by atoms with Crippen LogP contribution in [0.2, 0.25) is 0 Å². The lowest BCUT2D eigenvalue weighted by Gasteiger charge is -2.01. The molecule has 0 bridgehead atoms. The Hall–Kier alpha value is -1.36. The van der Waals surface area contributed by atoms with Gasteiger partial charge in [-0.05, 0) is 6.07 Å². The molecule has 0 aliphatic heterocycles. The molecule has 14 heavy (non-hydrogen) atoms. The van der Waals surface area contributed by atoms with E-state index in [2.05, 4.69) is 9.97 Å². The van der Waals surface area contributed by atoms with E-state index in [9.17, 15) is 4.57 Å². The minimum Gasteiger partial charge on any atom is -0.462 e. The van der Waals surface area contributed by atoms with Crippen molar-refractivity contribution in [2.75, 3.05) is 0 Å². The molecule has 0 fully saturated rings. The third kappa shape index (κ3) is 1.50. The zero-order valence-electron chi connectivity index (χ0n) is 6.91. The van der Waals surface area contributed by atoms with Crippen molar-refractivity contribution < 1.29 is 18.8 Å². The van der Waals surface area contributed by atoms with Crippen LogP contribution in [-0.2, 0) is 4.57 Å². The summed E-state index contributed by atoms with van der Waals surface area (Å²) in [4.78, 5) is 24.4. The highest BCUT2D eigenvalue weighted by Crippen LogP contribution is 2.37. The Kier molecular flexibility index (Phi) is 2.03. The monoisotopic (exact) mass is 214 g/mol. The smallest absolute Gasteiger partial charge is 0.360 e. The minimum atomic E-state index is -4.29. The molecule has 0 unspecified atom stereocenters. The first kappa shape index (κ1) is 9.21. The molecule has 3 N–H and O–H groups in total. The van der Waals surface area contributed by atoms with Gasteiger partial charge in [-0.1, -0.05) is 0 Å². The molecular weight excluding hydrogens is 207 g/mol. The standard InChI is InChI=1S/C7H7N2O4P/c10-14(11,12)6-1-2-13-7(6)5-3-8-4-9-5/h1-4H,(H,8,9)(H2,10,11,12). The van der Waals surface area contributed by atoms with E-state index < -0.39 is 7.60 Å². The predicted molar refractivity (Wildman–Crippen MR) is 48.0 cm³/mol. The van der Waals surface area contributed by atoms with Crippen LogP contribution in [0.5, 0.6) is 0 Å². The molecule has 74 valence electrons. The second kappa shape index (κ2) is 3.09. The van der Waals surface area contributed by atoms with Crippen molar-refractivity contribution in [2.45, 2.75) is 0 Å². The number of rotatable bonds is 2. The molecule has 0 atom stereocenters. The number of furan rings is 1. The van der Waals surface area contributed by atoms with E-state index in [4.69, 9.17) is 14.2 Å². The number of aromatic amines is 1. The van der Waals surface area contributed by atoms with Gasteiger partial charge in [0.2, 0.25) is 0 Å². The molecule has 2 aromatic heterocycles. The molecule has 0 aliphatic carbocycles. The molecule has 2 rings (SSSR count). The highest BCUT2D eigenvalue weighted by molar-refractivity contribution is 7.60. The van der Waals surface area contributed by atoms with Gasteiger partial charge in [-0.2, -0.15) is 0 Å². The highest BCUT2D eigenvalue weighted by Gasteiger charge is 2.25. The van der Waals surface area contributed by atoms with Crippen LogP contribution in [0.4, 0.5) is 0 Å². The highest BCUT2D eigenvalue weighted by atomic mass is 31.2. The van der Waals surface area contributed by atoms with Gasteiger partial charge in [0.1, 0.15) is 11.0 Å². The zero-order valence-corrected chi connectivity index (χ0v) is 7.81. The van der Waals surface area contributed by atoms with Gasteiger partial charge in [0.05, 0.1) is 18.8 Å². The van der Waals surface area contributed by atoms with Crippen LogP contribution < -0.4 is 5.30 Å². The summed E-state index contributed by atoms with van der Waals surface area (Å²) in [5.74, 6) is 0.121. The lowest BCUT2D eigenvalue weighted by atomic mass is 10.3. The average molecular weight is 214 g/mol. The topological polar surface area (TPSA) is 99.3 Å². The van der Waals surface area contributed by atoms with Crippen LogP contribution >= 0.6 is 7.60 Å². The van der Waals surface area contributed by atoms with Gasteiger partial charge in [0.15, 0.2) is 5.76 Å². The Morgan fingerprint density at radius 3 is 2.86 bits per heavy atom. The van der Waals surface area contributed by atoms with E-state index in [1.165, 1.54) is 24.9 Å². The summed E-state index contributed by atoms with van der Waals surface area (Å²) in [5.41, 5.74) is 0.438. The van der Waals surface area contributed by atoms with Crippen LogP contribution in [0, 0.1) is 0 Å². The summed E-state index contributed by atoms with van der Waals surface area (Å²) in [7, 11) is -4.29. The first-order valence-electron chi connectivity index (χ1n) is 3.71. The van der Waals surface area contributed by atoms with Gasteiger partial charge in [-0.25, -0.2) is 4.98 Å². The van der Waals surface area contributed by atoms with Crippen LogP contribution in [-0.4, -0.2) is 19.8 Å². The number of hydrogen-bond donors (Lipinski definition) is 3. The van der Waals surface area contributed by atoms with Gasteiger partial charge in [0, 0.05) is 0 Å². The van der Waals surface area contributed by atoms with Crippen molar-refractivity contribution in [2.24, 2.45) is 0 Å². The Bertz CT molecular complexity index is 470. The second-order valence-corrected chi connectivity index (χ2v) is 4.21. The molecular formula is C7H7N2O4P. The van der Waals surface area contributed by atoms with Crippen molar-refractivity contribution in [3.8, 4) is 11.5 Å². The lowest BCUT2D eigenvalue weighted by molar-refractivity contribution is 0.387. The van der Waals surface area contributed by atoms with E-state index in [0.717, 1.165) is 0 Å². The molecule has 0 aliphatic rings. The Morgan fingerprint density at radius 2 is 2.29 bits per heavy atom. The van der Waals surface area contributed by atoms with Crippen molar-refractivity contribution >= 4 is 12.9 Å². The third-order valence-corrected chi connectivity index (χ3v) is 2.68. The summed E-state index contributed by atoms with van der Waals surface area (Å²) in [6.07, 6.45) is 4.06. The van der Waals surface area contributed by atoms with Crippen LogP contribution in [0.3, 0.4) is 0 Å². The summed E-state index contributed by atoms with van der Waals surface area (Å²) in [5, 5.41) is -0.137.